The molecule has 0 saturated heterocycles. The van der Waals surface area contributed by atoms with Gasteiger partial charge in [0, 0.05) is 12.8 Å². The lowest BCUT2D eigenvalue weighted by Crippen LogP contribution is -2.28. The molecule has 0 saturated carbocycles. The van der Waals surface area contributed by atoms with Crippen LogP contribution in [0.15, 0.2) is 24.3 Å². The Balaban J connectivity index is 1.89. The summed E-state index contributed by atoms with van der Waals surface area (Å²) in [6, 6.07) is 8.33. The molecular weight excluding hydrogens is 266 g/mol. The van der Waals surface area contributed by atoms with Crippen molar-refractivity contribution in [2.75, 3.05) is 0 Å². The van der Waals surface area contributed by atoms with Crippen molar-refractivity contribution in [1.29, 1.82) is 0 Å². The van der Waals surface area contributed by atoms with Gasteiger partial charge in [0.1, 0.15) is 0 Å². The molecule has 2 rings (SSSR count). The number of carbonyl (C=O) groups is 2. The number of fused-ring (bicyclic) bond motifs is 1. The lowest BCUT2D eigenvalue weighted by Gasteiger charge is -2.19. The average Bonchev–Trinajstić information content (AvgIpc) is 2.67. The summed E-state index contributed by atoms with van der Waals surface area (Å²) in [5, 5.41) is 11.7. The molecule has 2 N–H and O–H groups in total. The SMILES string of the molecule is CC1(C)CC(NC(=O)CCCCC(=O)O)c2ccccc21. The Morgan fingerprint density at radius 3 is 2.62 bits per heavy atom. The Hall–Kier alpha value is -1.84. The number of nitrogens with one attached hydrogen (secondary N) is 1. The summed E-state index contributed by atoms with van der Waals surface area (Å²) in [7, 11) is 0. The fraction of sp³-hybridized carbons (Fsp3) is 0.529. The van der Waals surface area contributed by atoms with Crippen molar-refractivity contribution in [3.8, 4) is 0 Å². The fourth-order valence-electron chi connectivity index (χ4n) is 3.10. The summed E-state index contributed by atoms with van der Waals surface area (Å²) in [5.41, 5.74) is 2.60. The summed E-state index contributed by atoms with van der Waals surface area (Å²) in [5.74, 6) is -0.792. The second kappa shape index (κ2) is 6.29. The van der Waals surface area contributed by atoms with Gasteiger partial charge in [0.15, 0.2) is 0 Å². The minimum atomic E-state index is -0.804. The standard InChI is InChI=1S/C17H23NO3/c1-17(2)11-14(12-7-3-4-8-13(12)17)18-15(19)9-5-6-10-16(20)21/h3-4,7-8,14H,5-6,9-11H2,1-2H3,(H,18,19)(H,20,21). The van der Waals surface area contributed by atoms with E-state index in [0.717, 1.165) is 6.42 Å². The maximum absolute atomic E-state index is 12.0. The number of carboxylic acids is 1. The van der Waals surface area contributed by atoms with Crippen LogP contribution in [0.4, 0.5) is 0 Å². The molecule has 0 aliphatic heterocycles. The molecular formula is C17H23NO3. The van der Waals surface area contributed by atoms with E-state index in [4.69, 9.17) is 5.11 Å². The summed E-state index contributed by atoms with van der Waals surface area (Å²) < 4.78 is 0. The minimum absolute atomic E-state index is 0.0119. The predicted octanol–water partition coefficient (Wildman–Crippen LogP) is 3.17. The Bertz CT molecular complexity index is 537. The zero-order chi connectivity index (χ0) is 15.5. The van der Waals surface area contributed by atoms with E-state index in [0.29, 0.717) is 19.3 Å². The molecule has 4 heteroatoms. The maximum Gasteiger partial charge on any atom is 0.303 e. The summed E-state index contributed by atoms with van der Waals surface area (Å²) >= 11 is 0. The smallest absolute Gasteiger partial charge is 0.303 e. The van der Waals surface area contributed by atoms with Crippen LogP contribution in [0.2, 0.25) is 0 Å². The topological polar surface area (TPSA) is 66.4 Å². The predicted molar refractivity (Wildman–Crippen MR) is 81.1 cm³/mol. The van der Waals surface area contributed by atoms with Gasteiger partial charge in [-0.3, -0.25) is 9.59 Å². The normalized spacial score (nSPS) is 19.0. The van der Waals surface area contributed by atoms with E-state index in [-0.39, 0.29) is 23.8 Å². The first-order valence-electron chi connectivity index (χ1n) is 7.51. The quantitative estimate of drug-likeness (QED) is 0.790. The van der Waals surface area contributed by atoms with Crippen molar-refractivity contribution < 1.29 is 14.7 Å². The molecule has 1 atom stereocenters. The second-order valence-electron chi connectivity index (χ2n) is 6.40. The molecule has 1 amide bonds. The van der Waals surface area contributed by atoms with Gasteiger partial charge in [-0.15, -0.1) is 0 Å². The van der Waals surface area contributed by atoms with Gasteiger partial charge in [-0.1, -0.05) is 38.1 Å². The number of hydrogen-bond acceptors (Lipinski definition) is 2. The molecule has 0 heterocycles. The molecule has 0 aromatic heterocycles. The number of benzene rings is 1. The number of carbonyl (C=O) groups excluding carboxylic acids is 1. The largest absolute Gasteiger partial charge is 0.481 e. The Kier molecular flexibility index (Phi) is 4.66. The summed E-state index contributed by atoms with van der Waals surface area (Å²) in [4.78, 5) is 22.4. The van der Waals surface area contributed by atoms with Crippen molar-refractivity contribution >= 4 is 11.9 Å². The third-order valence-electron chi connectivity index (χ3n) is 4.16. The molecule has 0 spiro atoms. The highest BCUT2D eigenvalue weighted by atomic mass is 16.4. The molecule has 1 aliphatic carbocycles. The van der Waals surface area contributed by atoms with Crippen LogP contribution in [0.1, 0.15) is 63.1 Å². The van der Waals surface area contributed by atoms with Crippen LogP contribution in [0.5, 0.6) is 0 Å². The van der Waals surface area contributed by atoms with Gasteiger partial charge < -0.3 is 10.4 Å². The van der Waals surface area contributed by atoms with Crippen molar-refractivity contribution in [3.63, 3.8) is 0 Å². The van der Waals surface area contributed by atoms with Crippen LogP contribution in [0.25, 0.3) is 0 Å². The molecule has 0 bridgehead atoms. The Morgan fingerprint density at radius 1 is 1.24 bits per heavy atom. The van der Waals surface area contributed by atoms with Crippen LogP contribution in [-0.2, 0) is 15.0 Å². The molecule has 114 valence electrons. The molecule has 0 fully saturated rings. The molecule has 21 heavy (non-hydrogen) atoms. The number of aliphatic carboxylic acids is 1. The second-order valence-corrected chi connectivity index (χ2v) is 6.40. The average molecular weight is 289 g/mol. The highest BCUT2D eigenvalue weighted by Gasteiger charge is 2.36. The van der Waals surface area contributed by atoms with Crippen LogP contribution in [0, 0.1) is 0 Å². The molecule has 4 nitrogen and oxygen atoms in total. The van der Waals surface area contributed by atoms with Gasteiger partial charge in [-0.25, -0.2) is 0 Å². The zero-order valence-electron chi connectivity index (χ0n) is 12.7. The minimum Gasteiger partial charge on any atom is -0.481 e. The van der Waals surface area contributed by atoms with Crippen molar-refractivity contribution in [1.82, 2.24) is 5.32 Å². The lowest BCUT2D eigenvalue weighted by molar-refractivity contribution is -0.137. The Labute approximate surface area is 125 Å². The van der Waals surface area contributed by atoms with Gasteiger partial charge in [0.2, 0.25) is 5.91 Å². The molecule has 0 radical (unpaired) electrons. The highest BCUT2D eigenvalue weighted by Crippen LogP contribution is 2.44. The summed E-state index contributed by atoms with van der Waals surface area (Å²) in [6.45, 7) is 4.40. The van der Waals surface area contributed by atoms with E-state index in [2.05, 4.69) is 31.3 Å². The maximum atomic E-state index is 12.0. The van der Waals surface area contributed by atoms with Gasteiger partial charge in [-0.05, 0) is 35.8 Å². The first-order chi connectivity index (χ1) is 9.90. The molecule has 1 aromatic carbocycles. The zero-order valence-corrected chi connectivity index (χ0v) is 12.7. The van der Waals surface area contributed by atoms with Crippen molar-refractivity contribution in [2.45, 2.75) is 57.4 Å². The van der Waals surface area contributed by atoms with Gasteiger partial charge in [0.05, 0.1) is 6.04 Å². The van der Waals surface area contributed by atoms with Crippen molar-refractivity contribution in [3.05, 3.63) is 35.4 Å². The first-order valence-corrected chi connectivity index (χ1v) is 7.51. The van der Waals surface area contributed by atoms with Gasteiger partial charge in [-0.2, -0.15) is 0 Å². The monoisotopic (exact) mass is 289 g/mol. The van der Waals surface area contributed by atoms with Crippen LogP contribution in [-0.4, -0.2) is 17.0 Å². The van der Waals surface area contributed by atoms with Crippen LogP contribution in [0.3, 0.4) is 0 Å². The van der Waals surface area contributed by atoms with E-state index < -0.39 is 5.97 Å². The number of hydrogen-bond donors (Lipinski definition) is 2. The van der Waals surface area contributed by atoms with E-state index in [9.17, 15) is 9.59 Å². The number of amides is 1. The molecule has 1 unspecified atom stereocenters. The Morgan fingerprint density at radius 2 is 1.90 bits per heavy atom. The molecule has 1 aliphatic rings. The van der Waals surface area contributed by atoms with Gasteiger partial charge in [0.25, 0.3) is 0 Å². The van der Waals surface area contributed by atoms with E-state index in [1.807, 2.05) is 12.1 Å². The van der Waals surface area contributed by atoms with Gasteiger partial charge >= 0.3 is 5.97 Å². The fourth-order valence-corrected chi connectivity index (χ4v) is 3.10. The summed E-state index contributed by atoms with van der Waals surface area (Å²) in [6.07, 6.45) is 2.61. The first kappa shape index (κ1) is 15.5. The third kappa shape index (κ3) is 3.84. The number of rotatable bonds is 6. The van der Waals surface area contributed by atoms with E-state index in [1.54, 1.807) is 0 Å². The third-order valence-corrected chi connectivity index (χ3v) is 4.16. The van der Waals surface area contributed by atoms with E-state index in [1.165, 1.54) is 11.1 Å². The highest BCUT2D eigenvalue weighted by molar-refractivity contribution is 5.76. The van der Waals surface area contributed by atoms with Crippen molar-refractivity contribution in [2.24, 2.45) is 0 Å². The van der Waals surface area contributed by atoms with E-state index >= 15 is 0 Å². The number of unbranched alkanes of at least 4 members (excludes halogenated alkanes) is 1. The lowest BCUT2D eigenvalue weighted by atomic mass is 9.86. The molecule has 1 aromatic rings. The number of carboxylic acid groups (broad SMARTS) is 1. The van der Waals surface area contributed by atoms with Crippen LogP contribution >= 0.6 is 0 Å². The van der Waals surface area contributed by atoms with Crippen LogP contribution < -0.4 is 5.32 Å².